The van der Waals surface area contributed by atoms with Crippen molar-refractivity contribution in [2.45, 2.75) is 25.7 Å². The Kier molecular flexibility index (Phi) is 7.67. The van der Waals surface area contributed by atoms with Crippen molar-refractivity contribution in [1.29, 1.82) is 0 Å². The molecule has 4 amide bonds. The number of anilines is 2. The highest BCUT2D eigenvalue weighted by Crippen LogP contribution is 2.25. The summed E-state index contributed by atoms with van der Waals surface area (Å²) in [5.74, 6) is -1.07. The van der Waals surface area contributed by atoms with Crippen LogP contribution in [0.4, 0.5) is 16.2 Å². The van der Waals surface area contributed by atoms with Crippen LogP contribution in [0.25, 0.3) is 0 Å². The van der Waals surface area contributed by atoms with E-state index < -0.39 is 17.8 Å². The summed E-state index contributed by atoms with van der Waals surface area (Å²) < 4.78 is 0. The number of hydrogen-bond donors (Lipinski definition) is 4. The summed E-state index contributed by atoms with van der Waals surface area (Å²) in [6, 6.07) is 8.81. The lowest BCUT2D eigenvalue weighted by atomic mass is 10.1. The fourth-order valence-electron chi connectivity index (χ4n) is 3.38. The van der Waals surface area contributed by atoms with Crippen LogP contribution < -0.4 is 26.6 Å². The molecular formula is C21H27N5O3S. The Morgan fingerprint density at radius 2 is 1.90 bits per heavy atom. The van der Waals surface area contributed by atoms with Gasteiger partial charge < -0.3 is 21.3 Å². The molecule has 160 valence electrons. The van der Waals surface area contributed by atoms with Crippen molar-refractivity contribution in [3.8, 4) is 0 Å². The number of nitrogens with two attached hydrogens (primary N) is 1. The molecule has 0 bridgehead atoms. The van der Waals surface area contributed by atoms with Crippen molar-refractivity contribution < 1.29 is 14.4 Å². The molecule has 0 spiro atoms. The zero-order chi connectivity index (χ0) is 21.3. The van der Waals surface area contributed by atoms with E-state index in [4.69, 9.17) is 5.73 Å². The van der Waals surface area contributed by atoms with E-state index in [0.29, 0.717) is 24.2 Å². The van der Waals surface area contributed by atoms with Crippen LogP contribution in [-0.2, 0) is 11.2 Å². The Morgan fingerprint density at radius 1 is 1.10 bits per heavy atom. The first-order valence-corrected chi connectivity index (χ1v) is 10.9. The number of thiophene rings is 1. The number of amides is 4. The quantitative estimate of drug-likeness (QED) is 0.514. The number of rotatable bonds is 8. The number of benzene rings is 1. The molecule has 2 aromatic rings. The van der Waals surface area contributed by atoms with Crippen LogP contribution in [0.2, 0.25) is 0 Å². The van der Waals surface area contributed by atoms with Gasteiger partial charge >= 0.3 is 6.03 Å². The van der Waals surface area contributed by atoms with Crippen LogP contribution in [0.5, 0.6) is 0 Å². The maximum atomic E-state index is 12.1. The lowest BCUT2D eigenvalue weighted by Gasteiger charge is -2.29. The zero-order valence-electron chi connectivity index (χ0n) is 16.8. The topological polar surface area (TPSA) is 117 Å². The van der Waals surface area contributed by atoms with Crippen LogP contribution in [0.15, 0.2) is 35.7 Å². The van der Waals surface area contributed by atoms with Crippen LogP contribution >= 0.6 is 11.3 Å². The van der Waals surface area contributed by atoms with Gasteiger partial charge in [0.25, 0.3) is 5.91 Å². The second kappa shape index (κ2) is 10.6. The maximum Gasteiger partial charge on any atom is 0.321 e. The van der Waals surface area contributed by atoms with Crippen LogP contribution in [0.1, 0.15) is 34.5 Å². The first-order chi connectivity index (χ1) is 14.5. The third-order valence-electron chi connectivity index (χ3n) is 4.92. The van der Waals surface area contributed by atoms with Gasteiger partial charge in [-0.15, -0.1) is 11.3 Å². The number of hydrogen-bond acceptors (Lipinski definition) is 6. The van der Waals surface area contributed by atoms with Crippen molar-refractivity contribution in [2.75, 3.05) is 36.4 Å². The third kappa shape index (κ3) is 6.21. The average Bonchev–Trinajstić information content (AvgIpc) is 3.26. The van der Waals surface area contributed by atoms with Gasteiger partial charge in [0, 0.05) is 35.9 Å². The summed E-state index contributed by atoms with van der Waals surface area (Å²) in [5, 5.41) is 9.80. The number of nitrogens with one attached hydrogen (secondary N) is 3. The fraction of sp³-hybridized carbons (Fsp3) is 0.381. The maximum absolute atomic E-state index is 12.1. The van der Waals surface area contributed by atoms with Crippen LogP contribution in [-0.4, -0.2) is 44.0 Å². The minimum Gasteiger partial charge on any atom is -0.375 e. The Morgan fingerprint density at radius 3 is 2.60 bits per heavy atom. The molecule has 1 aromatic carbocycles. The lowest BCUT2D eigenvalue weighted by molar-refractivity contribution is -0.118. The number of nitrogens with zero attached hydrogens (tertiary/aromatic N) is 1. The van der Waals surface area contributed by atoms with Crippen LogP contribution in [0.3, 0.4) is 0 Å². The van der Waals surface area contributed by atoms with Crippen LogP contribution in [0, 0.1) is 0 Å². The van der Waals surface area contributed by atoms with Crippen molar-refractivity contribution >= 4 is 40.6 Å². The lowest BCUT2D eigenvalue weighted by Crippen LogP contribution is -2.42. The minimum atomic E-state index is -0.567. The Bertz CT molecular complexity index is 879. The molecule has 0 unspecified atom stereocenters. The van der Waals surface area contributed by atoms with Gasteiger partial charge in [0.05, 0.1) is 12.1 Å². The molecule has 3 rings (SSSR count). The average molecular weight is 430 g/mol. The molecule has 30 heavy (non-hydrogen) atoms. The van der Waals surface area contributed by atoms with Gasteiger partial charge in [-0.2, -0.15) is 0 Å². The molecule has 5 N–H and O–H groups in total. The Labute approximate surface area is 179 Å². The van der Waals surface area contributed by atoms with Crippen molar-refractivity contribution in [3.05, 3.63) is 46.2 Å². The highest BCUT2D eigenvalue weighted by molar-refractivity contribution is 7.09. The summed E-state index contributed by atoms with van der Waals surface area (Å²) >= 11 is 1.62. The number of imide groups is 1. The van der Waals surface area contributed by atoms with E-state index in [2.05, 4.69) is 20.9 Å². The molecule has 2 heterocycles. The van der Waals surface area contributed by atoms with Gasteiger partial charge in [0.1, 0.15) is 0 Å². The predicted molar refractivity (Wildman–Crippen MR) is 119 cm³/mol. The smallest absolute Gasteiger partial charge is 0.321 e. The van der Waals surface area contributed by atoms with E-state index in [1.807, 2.05) is 23.6 Å². The van der Waals surface area contributed by atoms with Crippen molar-refractivity contribution in [1.82, 2.24) is 10.6 Å². The molecule has 1 aromatic heterocycles. The van der Waals surface area contributed by atoms with E-state index in [1.165, 1.54) is 6.42 Å². The van der Waals surface area contributed by atoms with E-state index in [9.17, 15) is 14.4 Å². The monoisotopic (exact) mass is 429 g/mol. The van der Waals surface area contributed by atoms with E-state index >= 15 is 0 Å². The van der Waals surface area contributed by atoms with Crippen molar-refractivity contribution in [3.63, 3.8) is 0 Å². The standard InChI is InChI=1S/C21H27N5O3S/c22-20(28)17-13-15(26-10-2-1-3-11-26)6-7-18(17)24-14-19(27)25-21(29)23-9-8-16-5-4-12-30-16/h4-7,12-13,24H,1-3,8-11,14H2,(H2,22,28)(H2,23,25,27,29). The van der Waals surface area contributed by atoms with Gasteiger partial charge in [-0.05, 0) is 55.3 Å². The molecule has 0 saturated carbocycles. The van der Waals surface area contributed by atoms with Gasteiger partial charge in [-0.25, -0.2) is 4.79 Å². The number of carbonyl (C=O) groups excluding carboxylic acids is 3. The molecule has 0 atom stereocenters. The third-order valence-corrected chi connectivity index (χ3v) is 5.86. The number of piperidine rings is 1. The first kappa shape index (κ1) is 21.6. The molecule has 1 fully saturated rings. The molecule has 0 aliphatic carbocycles. The largest absolute Gasteiger partial charge is 0.375 e. The predicted octanol–water partition coefficient (Wildman–Crippen LogP) is 2.32. The number of primary amides is 1. The number of carbonyl (C=O) groups is 3. The molecule has 1 aliphatic rings. The molecular weight excluding hydrogens is 402 g/mol. The SMILES string of the molecule is NC(=O)c1cc(N2CCCCC2)ccc1NCC(=O)NC(=O)NCCc1cccs1. The minimum absolute atomic E-state index is 0.151. The Balaban J connectivity index is 1.49. The van der Waals surface area contributed by atoms with E-state index in [1.54, 1.807) is 23.5 Å². The summed E-state index contributed by atoms with van der Waals surface area (Å²) in [4.78, 5) is 39.2. The summed E-state index contributed by atoms with van der Waals surface area (Å²) in [5.41, 5.74) is 7.28. The fourth-order valence-corrected chi connectivity index (χ4v) is 4.09. The number of urea groups is 1. The first-order valence-electron chi connectivity index (χ1n) is 10.1. The van der Waals surface area contributed by atoms with Gasteiger partial charge in [-0.3, -0.25) is 14.9 Å². The summed E-state index contributed by atoms with van der Waals surface area (Å²) in [7, 11) is 0. The van der Waals surface area contributed by atoms with Crippen molar-refractivity contribution in [2.24, 2.45) is 5.73 Å². The zero-order valence-corrected chi connectivity index (χ0v) is 17.6. The second-order valence-corrected chi connectivity index (χ2v) is 8.16. The highest BCUT2D eigenvalue weighted by atomic mass is 32.1. The second-order valence-electron chi connectivity index (χ2n) is 7.13. The van der Waals surface area contributed by atoms with Gasteiger partial charge in [-0.1, -0.05) is 6.07 Å². The normalized spacial score (nSPS) is 13.5. The Hall–Kier alpha value is -3.07. The summed E-state index contributed by atoms with van der Waals surface area (Å²) in [6.45, 7) is 2.20. The van der Waals surface area contributed by atoms with E-state index in [0.717, 1.165) is 36.5 Å². The van der Waals surface area contributed by atoms with Gasteiger partial charge in [0.2, 0.25) is 5.91 Å². The molecule has 0 radical (unpaired) electrons. The molecule has 1 saturated heterocycles. The van der Waals surface area contributed by atoms with E-state index in [-0.39, 0.29) is 6.54 Å². The molecule has 1 aliphatic heterocycles. The molecule has 8 nitrogen and oxygen atoms in total. The van der Waals surface area contributed by atoms with Gasteiger partial charge in [0.15, 0.2) is 0 Å². The highest BCUT2D eigenvalue weighted by Gasteiger charge is 2.16. The molecule has 9 heteroatoms. The summed E-state index contributed by atoms with van der Waals surface area (Å²) in [6.07, 6.45) is 4.18.